The quantitative estimate of drug-likeness (QED) is 0.661. The van der Waals surface area contributed by atoms with Crippen molar-refractivity contribution in [3.63, 3.8) is 0 Å². The van der Waals surface area contributed by atoms with Gasteiger partial charge in [-0.2, -0.15) is 0 Å². The van der Waals surface area contributed by atoms with Crippen molar-refractivity contribution in [1.82, 2.24) is 0 Å². The molecule has 0 aromatic heterocycles. The van der Waals surface area contributed by atoms with Gasteiger partial charge in [-0.25, -0.2) is 0 Å². The minimum atomic E-state index is 0.617. The number of benzene rings is 2. The maximum absolute atomic E-state index is 4.59. The topological polar surface area (TPSA) is 15.6 Å². The summed E-state index contributed by atoms with van der Waals surface area (Å²) < 4.78 is 0. The molecular formula is C21H26N2. The Bertz CT molecular complexity index is 635. The highest BCUT2D eigenvalue weighted by molar-refractivity contribution is 5.82. The SMILES string of the molecule is CC[C@@H](C)c1ccc(N=Cc2ccc(N3CCCC3)cc2)cc1. The van der Waals surface area contributed by atoms with E-state index in [-0.39, 0.29) is 0 Å². The second kappa shape index (κ2) is 7.45. The van der Waals surface area contributed by atoms with E-state index in [1.165, 1.54) is 43.6 Å². The predicted molar refractivity (Wildman–Crippen MR) is 100 cm³/mol. The van der Waals surface area contributed by atoms with Crippen LogP contribution < -0.4 is 4.90 Å². The molecule has 1 aliphatic heterocycles. The molecule has 0 saturated carbocycles. The summed E-state index contributed by atoms with van der Waals surface area (Å²) in [5.74, 6) is 0.617. The number of anilines is 1. The molecule has 3 rings (SSSR count). The van der Waals surface area contributed by atoms with Gasteiger partial charge in [0.15, 0.2) is 0 Å². The molecule has 1 heterocycles. The molecule has 0 bridgehead atoms. The van der Waals surface area contributed by atoms with Crippen LogP contribution >= 0.6 is 0 Å². The lowest BCUT2D eigenvalue weighted by Gasteiger charge is -2.17. The number of rotatable bonds is 5. The molecule has 1 fully saturated rings. The smallest absolute Gasteiger partial charge is 0.0630 e. The van der Waals surface area contributed by atoms with E-state index in [0.29, 0.717) is 5.92 Å². The summed E-state index contributed by atoms with van der Waals surface area (Å²) in [6.45, 7) is 6.87. The van der Waals surface area contributed by atoms with Crippen LogP contribution in [0, 0.1) is 0 Å². The molecule has 0 aliphatic carbocycles. The molecule has 0 N–H and O–H groups in total. The molecule has 1 atom stereocenters. The molecule has 2 aromatic carbocycles. The minimum absolute atomic E-state index is 0.617. The highest BCUT2D eigenvalue weighted by Crippen LogP contribution is 2.22. The second-order valence-corrected chi connectivity index (χ2v) is 6.44. The van der Waals surface area contributed by atoms with Crippen LogP contribution in [0.5, 0.6) is 0 Å². The van der Waals surface area contributed by atoms with E-state index >= 15 is 0 Å². The van der Waals surface area contributed by atoms with E-state index < -0.39 is 0 Å². The molecule has 23 heavy (non-hydrogen) atoms. The van der Waals surface area contributed by atoms with Crippen molar-refractivity contribution in [2.24, 2.45) is 4.99 Å². The predicted octanol–water partition coefficient (Wildman–Crippen LogP) is 5.55. The van der Waals surface area contributed by atoms with Gasteiger partial charge in [0.1, 0.15) is 0 Å². The molecule has 1 saturated heterocycles. The molecule has 2 nitrogen and oxygen atoms in total. The standard InChI is InChI=1S/C21H26N2/c1-3-17(2)19-8-10-20(11-9-19)22-16-18-6-12-21(13-7-18)23-14-4-5-15-23/h6-13,16-17H,3-5,14-15H2,1-2H3/t17-/m1/s1. The average molecular weight is 306 g/mol. The zero-order valence-electron chi connectivity index (χ0n) is 14.2. The maximum atomic E-state index is 4.59. The molecule has 0 amide bonds. The van der Waals surface area contributed by atoms with Crippen LogP contribution in [0.1, 0.15) is 50.2 Å². The molecule has 0 radical (unpaired) electrons. The summed E-state index contributed by atoms with van der Waals surface area (Å²) >= 11 is 0. The number of aliphatic imine (C=N–C) groups is 1. The van der Waals surface area contributed by atoms with Crippen molar-refractivity contribution in [2.45, 2.75) is 39.0 Å². The van der Waals surface area contributed by atoms with Gasteiger partial charge >= 0.3 is 0 Å². The van der Waals surface area contributed by atoms with Crippen molar-refractivity contribution in [1.29, 1.82) is 0 Å². The largest absolute Gasteiger partial charge is 0.372 e. The fourth-order valence-corrected chi connectivity index (χ4v) is 3.02. The van der Waals surface area contributed by atoms with E-state index in [4.69, 9.17) is 0 Å². The van der Waals surface area contributed by atoms with Crippen LogP contribution in [-0.2, 0) is 0 Å². The van der Waals surface area contributed by atoms with Crippen molar-refractivity contribution in [3.8, 4) is 0 Å². The van der Waals surface area contributed by atoms with Gasteiger partial charge in [0.05, 0.1) is 5.69 Å². The van der Waals surface area contributed by atoms with E-state index in [1.54, 1.807) is 0 Å². The Morgan fingerprint density at radius 2 is 1.65 bits per heavy atom. The third-order valence-electron chi connectivity index (χ3n) is 4.80. The highest BCUT2D eigenvalue weighted by Gasteiger charge is 2.11. The summed E-state index contributed by atoms with van der Waals surface area (Å²) in [5, 5.41) is 0. The first-order valence-corrected chi connectivity index (χ1v) is 8.75. The Hall–Kier alpha value is -2.09. The van der Waals surface area contributed by atoms with Crippen molar-refractivity contribution in [2.75, 3.05) is 18.0 Å². The fourth-order valence-electron chi connectivity index (χ4n) is 3.02. The number of hydrogen-bond acceptors (Lipinski definition) is 2. The zero-order valence-corrected chi connectivity index (χ0v) is 14.2. The first-order chi connectivity index (χ1) is 11.3. The van der Waals surface area contributed by atoms with Crippen LogP contribution in [0.25, 0.3) is 0 Å². The first-order valence-electron chi connectivity index (χ1n) is 8.75. The summed E-state index contributed by atoms with van der Waals surface area (Å²) in [6, 6.07) is 17.3. The first kappa shape index (κ1) is 15.8. The average Bonchev–Trinajstić information content (AvgIpc) is 3.15. The summed E-state index contributed by atoms with van der Waals surface area (Å²) in [6.07, 6.45) is 5.75. The van der Waals surface area contributed by atoms with Crippen molar-refractivity contribution < 1.29 is 0 Å². The van der Waals surface area contributed by atoms with Gasteiger partial charge in [-0.1, -0.05) is 38.1 Å². The van der Waals surface area contributed by atoms with E-state index in [1.807, 2.05) is 6.21 Å². The molecular weight excluding hydrogens is 280 g/mol. The molecule has 0 unspecified atom stereocenters. The summed E-state index contributed by atoms with van der Waals surface area (Å²) in [5.41, 5.74) is 4.89. The molecule has 0 spiro atoms. The molecule has 120 valence electrons. The lowest BCUT2D eigenvalue weighted by atomic mass is 9.99. The van der Waals surface area contributed by atoms with Crippen LogP contribution in [0.4, 0.5) is 11.4 Å². The van der Waals surface area contributed by atoms with Gasteiger partial charge in [-0.3, -0.25) is 4.99 Å². The van der Waals surface area contributed by atoms with Gasteiger partial charge in [0, 0.05) is 25.0 Å². The van der Waals surface area contributed by atoms with Gasteiger partial charge in [-0.05, 0) is 60.6 Å². The normalized spacial score (nSPS) is 16.2. The zero-order chi connectivity index (χ0) is 16.1. The fraction of sp³-hybridized carbons (Fsp3) is 0.381. The van der Waals surface area contributed by atoms with Gasteiger partial charge in [0.2, 0.25) is 0 Å². The van der Waals surface area contributed by atoms with Crippen molar-refractivity contribution >= 4 is 17.6 Å². The van der Waals surface area contributed by atoms with Gasteiger partial charge in [-0.15, -0.1) is 0 Å². The van der Waals surface area contributed by atoms with Gasteiger partial charge < -0.3 is 4.90 Å². The Balaban J connectivity index is 1.65. The summed E-state index contributed by atoms with van der Waals surface area (Å²) in [7, 11) is 0. The lowest BCUT2D eigenvalue weighted by molar-refractivity contribution is 0.734. The Morgan fingerprint density at radius 3 is 2.26 bits per heavy atom. The van der Waals surface area contributed by atoms with E-state index in [0.717, 1.165) is 11.3 Å². The van der Waals surface area contributed by atoms with E-state index in [2.05, 4.69) is 72.3 Å². The second-order valence-electron chi connectivity index (χ2n) is 6.44. The molecule has 1 aliphatic rings. The third kappa shape index (κ3) is 4.01. The minimum Gasteiger partial charge on any atom is -0.372 e. The lowest BCUT2D eigenvalue weighted by Crippen LogP contribution is -2.17. The summed E-state index contributed by atoms with van der Waals surface area (Å²) in [4.78, 5) is 7.04. The van der Waals surface area contributed by atoms with Crippen LogP contribution in [-0.4, -0.2) is 19.3 Å². The number of nitrogens with zero attached hydrogens (tertiary/aromatic N) is 2. The van der Waals surface area contributed by atoms with Crippen LogP contribution in [0.3, 0.4) is 0 Å². The van der Waals surface area contributed by atoms with Crippen molar-refractivity contribution in [3.05, 3.63) is 59.7 Å². The highest BCUT2D eigenvalue weighted by atomic mass is 15.1. The Kier molecular flexibility index (Phi) is 5.12. The molecule has 2 heteroatoms. The van der Waals surface area contributed by atoms with Crippen LogP contribution in [0.15, 0.2) is 53.5 Å². The monoisotopic (exact) mass is 306 g/mol. The third-order valence-corrected chi connectivity index (χ3v) is 4.80. The van der Waals surface area contributed by atoms with E-state index in [9.17, 15) is 0 Å². The Labute approximate surface area is 139 Å². The number of hydrogen-bond donors (Lipinski definition) is 0. The Morgan fingerprint density at radius 1 is 1.00 bits per heavy atom. The molecule has 2 aromatic rings. The maximum Gasteiger partial charge on any atom is 0.0630 e. The van der Waals surface area contributed by atoms with Gasteiger partial charge in [0.25, 0.3) is 0 Å². The van der Waals surface area contributed by atoms with Crippen LogP contribution in [0.2, 0.25) is 0 Å².